The molecule has 0 aliphatic carbocycles. The first-order valence-electron chi connectivity index (χ1n) is 7.24. The molecule has 7 nitrogen and oxygen atoms in total. The predicted octanol–water partition coefficient (Wildman–Crippen LogP) is 1.21. The Hall–Kier alpha value is -2.41. The average molecular weight is 301 g/mol. The van der Waals surface area contributed by atoms with E-state index < -0.39 is 0 Å². The molecule has 0 atom stereocenters. The highest BCUT2D eigenvalue weighted by atomic mass is 16.5. The first-order valence-corrected chi connectivity index (χ1v) is 7.24. The minimum absolute atomic E-state index is 0.238. The van der Waals surface area contributed by atoms with Gasteiger partial charge in [0.05, 0.1) is 18.9 Å². The maximum atomic E-state index is 12.4. The average Bonchev–Trinajstić information content (AvgIpc) is 2.86. The molecule has 0 spiro atoms. The quantitative estimate of drug-likeness (QED) is 0.922. The van der Waals surface area contributed by atoms with Crippen molar-refractivity contribution < 1.29 is 9.53 Å². The number of hydrogen-bond donors (Lipinski definition) is 1. The van der Waals surface area contributed by atoms with E-state index in [-0.39, 0.29) is 5.91 Å². The number of nitrogens with one attached hydrogen (secondary N) is 1. The molecule has 0 bridgehead atoms. The fourth-order valence-electron chi connectivity index (χ4n) is 2.47. The molecule has 1 fully saturated rings. The van der Waals surface area contributed by atoms with Crippen molar-refractivity contribution in [1.82, 2.24) is 14.8 Å². The van der Waals surface area contributed by atoms with Crippen LogP contribution in [0.15, 0.2) is 24.4 Å². The van der Waals surface area contributed by atoms with E-state index in [2.05, 4.69) is 20.3 Å². The van der Waals surface area contributed by atoms with Crippen molar-refractivity contribution >= 4 is 17.4 Å². The van der Waals surface area contributed by atoms with Gasteiger partial charge < -0.3 is 15.0 Å². The van der Waals surface area contributed by atoms with E-state index in [4.69, 9.17) is 4.74 Å². The molecule has 7 heteroatoms. The molecule has 0 radical (unpaired) electrons. The summed E-state index contributed by atoms with van der Waals surface area (Å²) in [6.45, 7) is 4.95. The molecule has 116 valence electrons. The number of aromatic nitrogens is 3. The minimum atomic E-state index is -0.238. The van der Waals surface area contributed by atoms with E-state index in [1.54, 1.807) is 17.9 Å². The van der Waals surface area contributed by atoms with Crippen molar-refractivity contribution in [2.75, 3.05) is 36.5 Å². The molecule has 0 unspecified atom stereocenters. The first kappa shape index (κ1) is 14.5. The molecular weight excluding hydrogens is 282 g/mol. The number of amides is 1. The van der Waals surface area contributed by atoms with Gasteiger partial charge in [0.15, 0.2) is 0 Å². The number of pyridine rings is 1. The van der Waals surface area contributed by atoms with Gasteiger partial charge in [0, 0.05) is 38.1 Å². The number of aryl methyl sites for hydroxylation is 2. The van der Waals surface area contributed by atoms with Gasteiger partial charge in [0.25, 0.3) is 5.91 Å². The van der Waals surface area contributed by atoms with Crippen LogP contribution in [0, 0.1) is 6.92 Å². The van der Waals surface area contributed by atoms with E-state index in [1.807, 2.05) is 25.1 Å². The second-order valence-electron chi connectivity index (χ2n) is 5.25. The molecule has 3 rings (SSSR count). The summed E-state index contributed by atoms with van der Waals surface area (Å²) in [5.74, 6) is 0.416. The fraction of sp³-hybridized carbons (Fsp3) is 0.400. The first-order chi connectivity index (χ1) is 10.6. The number of hydrogen-bond acceptors (Lipinski definition) is 5. The molecular formula is C15H19N5O2. The summed E-state index contributed by atoms with van der Waals surface area (Å²) >= 11 is 0. The van der Waals surface area contributed by atoms with Crippen LogP contribution in [0.5, 0.6) is 0 Å². The largest absolute Gasteiger partial charge is 0.378 e. The summed E-state index contributed by atoms with van der Waals surface area (Å²) < 4.78 is 6.99. The van der Waals surface area contributed by atoms with Crippen LogP contribution in [0.2, 0.25) is 0 Å². The second kappa shape index (κ2) is 6.15. The van der Waals surface area contributed by atoms with Crippen LogP contribution in [0.3, 0.4) is 0 Å². The molecule has 0 saturated carbocycles. The summed E-state index contributed by atoms with van der Waals surface area (Å²) in [6.07, 6.45) is 1.66. The highest BCUT2D eigenvalue weighted by Crippen LogP contribution is 2.17. The summed E-state index contributed by atoms with van der Waals surface area (Å²) in [5.41, 5.74) is 2.24. The Morgan fingerprint density at radius 3 is 2.77 bits per heavy atom. The lowest BCUT2D eigenvalue weighted by atomic mass is 10.2. The Morgan fingerprint density at radius 2 is 2.09 bits per heavy atom. The number of carbonyl (C=O) groups is 1. The number of morpholine rings is 1. The van der Waals surface area contributed by atoms with Crippen molar-refractivity contribution in [2.45, 2.75) is 6.92 Å². The number of anilines is 2. The van der Waals surface area contributed by atoms with Crippen molar-refractivity contribution in [1.29, 1.82) is 0 Å². The number of carbonyl (C=O) groups excluding carboxylic acids is 1. The number of nitrogens with zero attached hydrogens (tertiary/aromatic N) is 4. The molecule has 1 saturated heterocycles. The maximum absolute atomic E-state index is 12.4. The Labute approximate surface area is 128 Å². The van der Waals surface area contributed by atoms with Crippen LogP contribution in [0.25, 0.3) is 0 Å². The van der Waals surface area contributed by atoms with Crippen molar-refractivity contribution in [2.24, 2.45) is 7.05 Å². The van der Waals surface area contributed by atoms with Gasteiger partial charge in [0.1, 0.15) is 11.5 Å². The SMILES string of the molecule is Cc1cc(NC(=O)c2cc(N3CCOCC3)ccn2)n(C)n1. The van der Waals surface area contributed by atoms with E-state index in [1.165, 1.54) is 0 Å². The van der Waals surface area contributed by atoms with Crippen LogP contribution in [-0.4, -0.2) is 47.0 Å². The summed E-state index contributed by atoms with van der Waals surface area (Å²) in [5, 5.41) is 7.04. The Bertz CT molecular complexity index is 676. The molecule has 0 aromatic carbocycles. The molecule has 1 amide bonds. The molecule has 22 heavy (non-hydrogen) atoms. The number of ether oxygens (including phenoxy) is 1. The van der Waals surface area contributed by atoms with Crippen molar-refractivity contribution in [3.63, 3.8) is 0 Å². The second-order valence-corrected chi connectivity index (χ2v) is 5.25. The lowest BCUT2D eigenvalue weighted by Gasteiger charge is -2.28. The molecule has 1 aliphatic rings. The zero-order valence-corrected chi connectivity index (χ0v) is 12.7. The Kier molecular flexibility index (Phi) is 4.06. The van der Waals surface area contributed by atoms with E-state index in [9.17, 15) is 4.79 Å². The third-order valence-corrected chi connectivity index (χ3v) is 3.60. The lowest BCUT2D eigenvalue weighted by Crippen LogP contribution is -2.36. The van der Waals surface area contributed by atoms with Crippen LogP contribution >= 0.6 is 0 Å². The summed E-state index contributed by atoms with van der Waals surface area (Å²) in [6, 6.07) is 5.55. The Morgan fingerprint density at radius 1 is 1.32 bits per heavy atom. The molecule has 3 heterocycles. The smallest absolute Gasteiger partial charge is 0.275 e. The van der Waals surface area contributed by atoms with Gasteiger partial charge in [-0.25, -0.2) is 0 Å². The van der Waals surface area contributed by atoms with Gasteiger partial charge in [-0.05, 0) is 19.1 Å². The van der Waals surface area contributed by atoms with Gasteiger partial charge in [-0.3, -0.25) is 14.5 Å². The molecule has 1 aliphatic heterocycles. The normalized spacial score (nSPS) is 14.9. The van der Waals surface area contributed by atoms with Gasteiger partial charge in [-0.2, -0.15) is 5.10 Å². The van der Waals surface area contributed by atoms with E-state index in [0.717, 1.165) is 24.5 Å². The summed E-state index contributed by atoms with van der Waals surface area (Å²) in [4.78, 5) is 18.7. The third kappa shape index (κ3) is 3.09. The highest BCUT2D eigenvalue weighted by molar-refractivity contribution is 6.02. The highest BCUT2D eigenvalue weighted by Gasteiger charge is 2.15. The standard InChI is InChI=1S/C15H19N5O2/c1-11-9-14(19(2)18-11)17-15(21)13-10-12(3-4-16-13)20-5-7-22-8-6-20/h3-4,9-10H,5-8H2,1-2H3,(H,17,21). The third-order valence-electron chi connectivity index (χ3n) is 3.60. The fourth-order valence-corrected chi connectivity index (χ4v) is 2.47. The topological polar surface area (TPSA) is 72.3 Å². The van der Waals surface area contributed by atoms with Gasteiger partial charge >= 0.3 is 0 Å². The summed E-state index contributed by atoms with van der Waals surface area (Å²) in [7, 11) is 1.79. The van der Waals surface area contributed by atoms with Crippen LogP contribution in [0.4, 0.5) is 11.5 Å². The molecule has 2 aromatic rings. The minimum Gasteiger partial charge on any atom is -0.378 e. The Balaban J connectivity index is 1.76. The van der Waals surface area contributed by atoms with Gasteiger partial charge in [0.2, 0.25) is 0 Å². The van der Waals surface area contributed by atoms with Crippen molar-refractivity contribution in [3.8, 4) is 0 Å². The van der Waals surface area contributed by atoms with E-state index in [0.29, 0.717) is 24.7 Å². The van der Waals surface area contributed by atoms with E-state index >= 15 is 0 Å². The van der Waals surface area contributed by atoms with Crippen molar-refractivity contribution in [3.05, 3.63) is 35.8 Å². The number of rotatable bonds is 3. The van der Waals surface area contributed by atoms with Gasteiger partial charge in [-0.15, -0.1) is 0 Å². The van der Waals surface area contributed by atoms with Crippen LogP contribution in [-0.2, 0) is 11.8 Å². The molecule has 2 aromatic heterocycles. The maximum Gasteiger partial charge on any atom is 0.275 e. The predicted molar refractivity (Wildman–Crippen MR) is 83.2 cm³/mol. The van der Waals surface area contributed by atoms with Crippen LogP contribution < -0.4 is 10.2 Å². The zero-order valence-electron chi connectivity index (χ0n) is 12.7. The molecule has 1 N–H and O–H groups in total. The lowest BCUT2D eigenvalue weighted by molar-refractivity contribution is 0.102. The van der Waals surface area contributed by atoms with Gasteiger partial charge in [-0.1, -0.05) is 0 Å². The monoisotopic (exact) mass is 301 g/mol. The van der Waals surface area contributed by atoms with Crippen LogP contribution in [0.1, 0.15) is 16.2 Å². The zero-order chi connectivity index (χ0) is 15.5.